The molecule has 1 heterocycles. The number of esters is 1. The van der Waals surface area contributed by atoms with Gasteiger partial charge in [0.15, 0.2) is 0 Å². The Hall–Kier alpha value is -1.80. The fourth-order valence-corrected chi connectivity index (χ4v) is 1.14. The summed E-state index contributed by atoms with van der Waals surface area (Å²) in [6, 6.07) is -0.141. The van der Waals surface area contributed by atoms with Gasteiger partial charge in [0.05, 0.1) is 7.11 Å². The van der Waals surface area contributed by atoms with Gasteiger partial charge >= 0.3 is 12.1 Å². The van der Waals surface area contributed by atoms with Crippen molar-refractivity contribution in [3.8, 4) is 0 Å². The van der Waals surface area contributed by atoms with E-state index in [-0.39, 0.29) is 6.07 Å². The van der Waals surface area contributed by atoms with E-state index in [4.69, 9.17) is 0 Å². The number of alkyl halides is 5. The van der Waals surface area contributed by atoms with Crippen LogP contribution in [0.5, 0.6) is 0 Å². The van der Waals surface area contributed by atoms with E-state index in [1.54, 1.807) is 0 Å². The van der Waals surface area contributed by atoms with Crippen molar-refractivity contribution in [1.29, 1.82) is 0 Å². The second kappa shape index (κ2) is 4.83. The molecule has 0 saturated carbocycles. The van der Waals surface area contributed by atoms with Crippen molar-refractivity contribution in [3.63, 3.8) is 0 Å². The second-order valence-corrected chi connectivity index (χ2v) is 3.04. The normalized spacial score (nSPS) is 11.8. The molecule has 0 radical (unpaired) electrons. The van der Waals surface area contributed by atoms with Crippen molar-refractivity contribution in [3.05, 3.63) is 28.8 Å². The maximum absolute atomic E-state index is 13.3. The Morgan fingerprint density at radius 1 is 1.39 bits per heavy atom. The van der Waals surface area contributed by atoms with Gasteiger partial charge in [-0.15, -0.1) is 0 Å². The molecule has 0 bridgehead atoms. The number of nitrogens with zero attached hydrogens (tertiary/aromatic N) is 1. The first kappa shape index (κ1) is 14.3. The average molecular weight is 273 g/mol. The van der Waals surface area contributed by atoms with Gasteiger partial charge in [-0.3, -0.25) is 0 Å². The Balaban J connectivity index is 3.51. The molecule has 9 heteroatoms. The van der Waals surface area contributed by atoms with Crippen molar-refractivity contribution in [1.82, 2.24) is 4.98 Å². The minimum Gasteiger partial charge on any atom is -0.465 e. The molecule has 0 atom stereocenters. The lowest BCUT2D eigenvalue weighted by atomic mass is 10.1. The molecule has 0 unspecified atom stereocenters. The molecule has 0 saturated heterocycles. The summed E-state index contributed by atoms with van der Waals surface area (Å²) in [7, 11) is 0.773. The van der Waals surface area contributed by atoms with E-state index in [0.29, 0.717) is 0 Å². The number of hydrogen-bond donors (Lipinski definition) is 0. The number of ether oxygens (including phenoxy) is 1. The van der Waals surface area contributed by atoms with Crippen LogP contribution in [0.2, 0.25) is 0 Å². The van der Waals surface area contributed by atoms with Crippen LogP contribution in [-0.4, -0.2) is 18.1 Å². The standard InChI is InChI=1S/C9H5F6NO2/c1-18-8(17)5-3(10)2-4(9(13,14)15)16-6(5)7(11)12/h2,7H,1H3. The quantitative estimate of drug-likeness (QED) is 0.614. The molecule has 1 rings (SSSR count). The highest BCUT2D eigenvalue weighted by Gasteiger charge is 2.37. The summed E-state index contributed by atoms with van der Waals surface area (Å²) in [5.41, 5.74) is -4.75. The lowest BCUT2D eigenvalue weighted by Gasteiger charge is -2.11. The van der Waals surface area contributed by atoms with Gasteiger partial charge in [-0.25, -0.2) is 22.9 Å². The van der Waals surface area contributed by atoms with Crippen molar-refractivity contribution >= 4 is 5.97 Å². The minimum atomic E-state index is -5.10. The highest BCUT2D eigenvalue weighted by Crippen LogP contribution is 2.32. The molecule has 1 aromatic rings. The van der Waals surface area contributed by atoms with Gasteiger partial charge in [-0.1, -0.05) is 0 Å². The monoisotopic (exact) mass is 273 g/mol. The van der Waals surface area contributed by atoms with Crippen LogP contribution in [0.25, 0.3) is 0 Å². The molecule has 0 spiro atoms. The Kier molecular flexibility index (Phi) is 3.82. The van der Waals surface area contributed by atoms with Gasteiger partial charge in [-0.05, 0) is 0 Å². The van der Waals surface area contributed by atoms with Gasteiger partial charge in [0, 0.05) is 6.07 Å². The third kappa shape index (κ3) is 2.71. The summed E-state index contributed by atoms with van der Waals surface area (Å²) in [6.45, 7) is 0. The number of halogens is 6. The first-order valence-corrected chi connectivity index (χ1v) is 4.32. The van der Waals surface area contributed by atoms with E-state index in [1.807, 2.05) is 0 Å². The van der Waals surface area contributed by atoms with Crippen molar-refractivity contribution < 1.29 is 35.9 Å². The lowest BCUT2D eigenvalue weighted by molar-refractivity contribution is -0.141. The number of methoxy groups -OCH3 is 1. The molecule has 0 aliphatic rings. The largest absolute Gasteiger partial charge is 0.465 e. The van der Waals surface area contributed by atoms with Gasteiger partial charge in [0.1, 0.15) is 22.8 Å². The molecule has 0 aliphatic carbocycles. The van der Waals surface area contributed by atoms with E-state index >= 15 is 0 Å². The first-order chi connectivity index (χ1) is 8.18. The van der Waals surface area contributed by atoms with E-state index in [1.165, 1.54) is 0 Å². The SMILES string of the molecule is COC(=O)c1c(F)cc(C(F)(F)F)nc1C(F)F. The van der Waals surface area contributed by atoms with Crippen LogP contribution in [0.4, 0.5) is 26.3 Å². The van der Waals surface area contributed by atoms with Gasteiger partial charge in [0.2, 0.25) is 0 Å². The molecule has 0 N–H and O–H groups in total. The third-order valence-electron chi connectivity index (χ3n) is 1.89. The van der Waals surface area contributed by atoms with Crippen LogP contribution in [0, 0.1) is 5.82 Å². The molecular formula is C9H5F6NO2. The Labute approximate surface area is 96.4 Å². The molecule has 0 amide bonds. The van der Waals surface area contributed by atoms with Crippen molar-refractivity contribution in [2.45, 2.75) is 12.6 Å². The van der Waals surface area contributed by atoms with Crippen molar-refractivity contribution in [2.24, 2.45) is 0 Å². The number of hydrogen-bond acceptors (Lipinski definition) is 3. The van der Waals surface area contributed by atoms with E-state index in [9.17, 15) is 31.1 Å². The number of carbonyl (C=O) groups excluding carboxylic acids is 1. The van der Waals surface area contributed by atoms with Gasteiger partial charge in [0.25, 0.3) is 6.43 Å². The number of carbonyl (C=O) groups is 1. The Bertz CT molecular complexity index is 471. The third-order valence-corrected chi connectivity index (χ3v) is 1.89. The predicted molar refractivity (Wildman–Crippen MR) is 45.5 cm³/mol. The summed E-state index contributed by atoms with van der Waals surface area (Å²) in [5, 5.41) is 0. The topological polar surface area (TPSA) is 39.2 Å². The summed E-state index contributed by atoms with van der Waals surface area (Å²) >= 11 is 0. The second-order valence-electron chi connectivity index (χ2n) is 3.04. The zero-order valence-electron chi connectivity index (χ0n) is 8.69. The lowest BCUT2D eigenvalue weighted by Crippen LogP contribution is -2.17. The summed E-state index contributed by atoms with van der Waals surface area (Å²) in [5.74, 6) is -3.29. The molecule has 0 fully saturated rings. The molecular weight excluding hydrogens is 268 g/mol. The molecule has 1 aromatic heterocycles. The van der Waals surface area contributed by atoms with E-state index in [0.717, 1.165) is 7.11 Å². The summed E-state index contributed by atoms with van der Waals surface area (Å²) in [4.78, 5) is 13.6. The number of aromatic nitrogens is 1. The summed E-state index contributed by atoms with van der Waals surface area (Å²) in [6.07, 6.45) is -8.64. The zero-order chi connectivity index (χ0) is 14.1. The van der Waals surface area contributed by atoms with Crippen LogP contribution < -0.4 is 0 Å². The Morgan fingerprint density at radius 2 is 1.94 bits per heavy atom. The minimum absolute atomic E-state index is 0.141. The number of pyridine rings is 1. The maximum atomic E-state index is 13.3. The van der Waals surface area contributed by atoms with Gasteiger partial charge < -0.3 is 4.74 Å². The van der Waals surface area contributed by atoms with E-state index in [2.05, 4.69) is 9.72 Å². The molecule has 0 aromatic carbocycles. The smallest absolute Gasteiger partial charge is 0.433 e. The zero-order valence-corrected chi connectivity index (χ0v) is 8.69. The Morgan fingerprint density at radius 3 is 2.33 bits per heavy atom. The highest BCUT2D eigenvalue weighted by atomic mass is 19.4. The van der Waals surface area contributed by atoms with Crippen LogP contribution in [0.15, 0.2) is 6.07 Å². The molecule has 0 aliphatic heterocycles. The maximum Gasteiger partial charge on any atom is 0.433 e. The van der Waals surface area contributed by atoms with Crippen molar-refractivity contribution in [2.75, 3.05) is 7.11 Å². The molecule has 3 nitrogen and oxygen atoms in total. The van der Waals surface area contributed by atoms with Gasteiger partial charge in [-0.2, -0.15) is 13.2 Å². The predicted octanol–water partition coefficient (Wildman–Crippen LogP) is 2.96. The molecule has 100 valence electrons. The van der Waals surface area contributed by atoms with Crippen LogP contribution >= 0.6 is 0 Å². The first-order valence-electron chi connectivity index (χ1n) is 4.32. The average Bonchev–Trinajstić information content (AvgIpc) is 2.25. The van der Waals surface area contributed by atoms with E-state index < -0.39 is 41.3 Å². The summed E-state index contributed by atoms with van der Waals surface area (Å²) < 4.78 is 78.9. The molecule has 18 heavy (non-hydrogen) atoms. The van der Waals surface area contributed by atoms with Crippen LogP contribution in [0.1, 0.15) is 28.2 Å². The van der Waals surface area contributed by atoms with Crippen LogP contribution in [-0.2, 0) is 10.9 Å². The highest BCUT2D eigenvalue weighted by molar-refractivity contribution is 5.91. The fraction of sp³-hybridized carbons (Fsp3) is 0.333. The van der Waals surface area contributed by atoms with Crippen LogP contribution in [0.3, 0.4) is 0 Å². The fourth-order valence-electron chi connectivity index (χ4n) is 1.14. The number of rotatable bonds is 2.